The molecule has 0 unspecified atom stereocenters. The van der Waals surface area contributed by atoms with Gasteiger partial charge in [0.1, 0.15) is 5.60 Å². The van der Waals surface area contributed by atoms with Crippen LogP contribution in [-0.4, -0.2) is 30.4 Å². The van der Waals surface area contributed by atoms with Crippen molar-refractivity contribution in [1.29, 1.82) is 0 Å². The Morgan fingerprint density at radius 2 is 2.09 bits per heavy atom. The van der Waals surface area contributed by atoms with Gasteiger partial charge in [0.25, 0.3) is 0 Å². The third kappa shape index (κ3) is 3.11. The highest BCUT2D eigenvalue weighted by molar-refractivity contribution is 5.93. The summed E-state index contributed by atoms with van der Waals surface area (Å²) < 4.78 is 300. The van der Waals surface area contributed by atoms with Crippen molar-refractivity contribution in [1.82, 2.24) is 0 Å². The number of allylic oxidation sites excluding steroid dienone is 4. The van der Waals surface area contributed by atoms with Crippen LogP contribution in [0.25, 0.3) is 0 Å². The largest absolute Gasteiger partial charge is 0.378 e. The second-order valence-corrected chi connectivity index (χ2v) is 6.85. The zero-order valence-electron chi connectivity index (χ0n) is 49.8. The van der Waals surface area contributed by atoms with Crippen molar-refractivity contribution in [2.24, 2.45) is 17.2 Å². The van der Waals surface area contributed by atoms with E-state index in [9.17, 15) is 22.2 Å². The fourth-order valence-electron chi connectivity index (χ4n) is 3.54. The minimum absolute atomic E-state index is 0.657. The van der Waals surface area contributed by atoms with Crippen molar-refractivity contribution in [3.05, 3.63) is 52.5 Å². The van der Waals surface area contributed by atoms with E-state index in [0.717, 1.165) is 0 Å². The zero-order valence-corrected chi connectivity index (χ0v) is 15.8. The molecule has 2 saturated carbocycles. The van der Waals surface area contributed by atoms with Gasteiger partial charge in [0.15, 0.2) is 5.78 Å². The Hall–Kier alpha value is -2.31. The second kappa shape index (κ2) is 7.63. The number of ketones is 1. The van der Waals surface area contributed by atoms with E-state index in [1.165, 1.54) is 11.8 Å². The van der Waals surface area contributed by atoms with Gasteiger partial charge in [0, 0.05) is 77.1 Å². The Labute approximate surface area is 240 Å². The van der Waals surface area contributed by atoms with Crippen molar-refractivity contribution in [3.63, 3.8) is 0 Å². The highest BCUT2D eigenvalue weighted by Crippen LogP contribution is 2.66. The average Bonchev–Trinajstić information content (AvgIpc) is 3.18. The quantitative estimate of drug-likeness (QED) is 0.597. The Kier molecular flexibility index (Phi) is 1.27. The van der Waals surface area contributed by atoms with E-state index < -0.39 is 170 Å². The molecule has 168 valence electrons. The predicted molar refractivity (Wildman–Crippen MR) is 129 cm³/mol. The number of fused-ring (bicyclic) bond motifs is 4. The third-order valence-corrected chi connectivity index (χ3v) is 5.03. The van der Waals surface area contributed by atoms with Crippen molar-refractivity contribution in [2.75, 3.05) is 18.9 Å². The molecular weight excluding hydrogens is 394 g/mol. The van der Waals surface area contributed by atoms with Crippen molar-refractivity contribution in [2.45, 2.75) is 69.8 Å². The summed E-state index contributed by atoms with van der Waals surface area (Å²) in [5, 5.41) is 12.7. The van der Waals surface area contributed by atoms with E-state index in [-0.39, 0.29) is 0 Å². The molecule has 4 aliphatic rings. The molecule has 1 N–H and O–H groups in total. The molecule has 32 heavy (non-hydrogen) atoms. The van der Waals surface area contributed by atoms with E-state index >= 15 is 0 Å². The lowest BCUT2D eigenvalue weighted by Gasteiger charge is -2.53. The van der Waals surface area contributed by atoms with Crippen LogP contribution in [0.15, 0.2) is 46.9 Å². The zero-order chi connectivity index (χ0) is 52.3. The summed E-state index contributed by atoms with van der Waals surface area (Å²) in [7, 11) is 0. The number of carbonyl (C=O) groups is 1. The number of hydrogen-bond donors (Lipinski definition) is 1. The number of nitrogens with zero attached hydrogens (tertiary/aromatic N) is 1. The van der Waals surface area contributed by atoms with Crippen LogP contribution in [0.3, 0.4) is 0 Å². The fourth-order valence-corrected chi connectivity index (χ4v) is 3.54. The van der Waals surface area contributed by atoms with Gasteiger partial charge in [-0.3, -0.25) is 4.79 Å². The van der Waals surface area contributed by atoms with Gasteiger partial charge in [0.2, 0.25) is 0 Å². The molecule has 0 amide bonds. The minimum Gasteiger partial charge on any atom is -0.378 e. The summed E-state index contributed by atoms with van der Waals surface area (Å²) in [5.41, 5.74) is -21.2. The Bertz CT molecular complexity index is 2430. The maximum Gasteiger partial charge on any atom is 0.156 e. The molecule has 5 atom stereocenters. The number of rotatable bonds is 2. The average molecular weight is 464 g/mol. The Morgan fingerprint density at radius 3 is 2.84 bits per heavy atom. The van der Waals surface area contributed by atoms with E-state index in [4.69, 9.17) is 34.3 Å². The van der Waals surface area contributed by atoms with Crippen LogP contribution in [-0.2, 0) is 4.79 Å². The van der Waals surface area contributed by atoms with Crippen LogP contribution < -0.4 is 4.90 Å². The van der Waals surface area contributed by atoms with Crippen molar-refractivity contribution >= 4 is 11.5 Å². The molecule has 0 bridgehead atoms. The number of carbonyl (C=O) groups excluding carboxylic acids is 1. The van der Waals surface area contributed by atoms with Crippen LogP contribution in [0.4, 0.5) is 5.69 Å². The summed E-state index contributed by atoms with van der Waals surface area (Å²) in [6, 6.07) is -10.1. The summed E-state index contributed by atoms with van der Waals surface area (Å²) in [6.07, 6.45) is -33.7. The van der Waals surface area contributed by atoms with E-state index in [2.05, 4.69) is 0 Å². The lowest BCUT2D eigenvalue weighted by atomic mass is 9.51. The summed E-state index contributed by atoms with van der Waals surface area (Å²) in [6.45, 7) is -16.8. The van der Waals surface area contributed by atoms with Gasteiger partial charge in [-0.2, -0.15) is 0 Å². The maximum absolute atomic E-state index is 13.5. The second-order valence-electron chi connectivity index (χ2n) is 6.85. The summed E-state index contributed by atoms with van der Waals surface area (Å²) >= 11 is 0. The van der Waals surface area contributed by atoms with Gasteiger partial charge >= 0.3 is 0 Å². The molecular formula is C29H35NO2. The van der Waals surface area contributed by atoms with Gasteiger partial charge in [0.05, 0.1) is 6.85 Å². The molecule has 0 aliphatic heterocycles. The van der Waals surface area contributed by atoms with Crippen LogP contribution in [0.2, 0.25) is 0 Å². The molecule has 2 fully saturated rings. The minimum atomic E-state index is -5.38. The van der Waals surface area contributed by atoms with Crippen LogP contribution in [0, 0.1) is 29.0 Å². The van der Waals surface area contributed by atoms with Crippen LogP contribution >= 0.6 is 0 Å². The van der Waals surface area contributed by atoms with E-state index in [1.807, 2.05) is 0 Å². The molecule has 0 radical (unpaired) electrons. The lowest BCUT2D eigenvalue weighted by Crippen LogP contribution is -2.51. The lowest BCUT2D eigenvalue weighted by molar-refractivity contribution is -0.114. The first-order valence-electron chi connectivity index (χ1n) is 25.8. The number of aliphatic hydroxyl groups is 1. The molecule has 0 heterocycles. The molecule has 3 nitrogen and oxygen atoms in total. The van der Waals surface area contributed by atoms with Gasteiger partial charge < -0.3 is 10.0 Å². The van der Waals surface area contributed by atoms with Crippen LogP contribution in [0.1, 0.15) is 116 Å². The molecule has 0 aromatic heterocycles. The molecule has 3 heteroatoms. The van der Waals surface area contributed by atoms with Gasteiger partial charge in [-0.05, 0) is 91.7 Å². The molecule has 5 rings (SSSR count). The normalized spacial score (nSPS) is 71.2. The van der Waals surface area contributed by atoms with Gasteiger partial charge in [-0.25, -0.2) is 0 Å². The Balaban J connectivity index is 2.41. The molecule has 0 spiro atoms. The summed E-state index contributed by atoms with van der Waals surface area (Å²) in [5.74, 6) is -15.5. The number of anilines is 1. The fraction of sp³-hybridized carbons (Fsp3) is 0.552. The first-order valence-corrected chi connectivity index (χ1v) is 8.85. The van der Waals surface area contributed by atoms with E-state index in [1.54, 1.807) is 0 Å². The molecule has 0 saturated heterocycles. The molecule has 1 aromatic carbocycles. The van der Waals surface area contributed by atoms with Crippen molar-refractivity contribution in [3.8, 4) is 11.8 Å². The van der Waals surface area contributed by atoms with Gasteiger partial charge in [-0.1, -0.05) is 30.4 Å². The topological polar surface area (TPSA) is 40.5 Å². The van der Waals surface area contributed by atoms with Gasteiger partial charge in [-0.15, -0.1) is 5.92 Å². The smallest absolute Gasteiger partial charge is 0.156 e. The molecule has 1 aromatic rings. The first kappa shape index (κ1) is 5.33. The first-order chi connectivity index (χ1) is 28.6. The Morgan fingerprint density at radius 1 is 1.25 bits per heavy atom. The predicted octanol–water partition coefficient (Wildman–Crippen LogP) is 5.41. The summed E-state index contributed by atoms with van der Waals surface area (Å²) in [4.78, 5) is 12.8. The standard InChI is InChI=1S/C29H35NO2/c1-5-15-29(32)16-14-26-24-12-8-20-17-22(31)11-13-23(20)27(24)25(18-28(26,29)2)19-6-9-21(10-7-19)30(3)4/h6-7,9-10,17,24-26,32H,8,11-14,16,18H2,1-4H3/t24-,25+,26-,28-,29-/m0/s1/i1D3,2D3,3D3,4D3,6D,7D,8D2,9D,10D,11D2,12D2,13D2,14D2,16D2,17D,18D2,24D,25D,26D. The highest BCUT2D eigenvalue weighted by atomic mass is 16.3. The van der Waals surface area contributed by atoms with E-state index in [0.29, 0.717) is 0 Å². The number of hydrogen-bond acceptors (Lipinski definition) is 3. The van der Waals surface area contributed by atoms with Crippen molar-refractivity contribution < 1.29 is 56.5 Å². The monoisotopic (exact) mass is 463 g/mol. The maximum atomic E-state index is 13.5. The SMILES string of the molecule is [2H]C1=C2C(=C3[C@@]([2H])(c4c([2H])c([2H])c(N(C([2H])([2H])[2H])C([2H])([2H])[2H])c([2H])c4[2H])C([2H])([2H])[C@@]4(C([2H])([2H])[2H])[C@@]([2H])(C([2H])([2H])C([2H])([2H])[C@@]4(O)C#CC([2H])([2H])[2H])[C@]3([2H])C([2H])([2H])C2([2H])[2H])C([2H])([2H])C([2H])([2H])C1=O. The number of benzene rings is 1. The third-order valence-electron chi connectivity index (χ3n) is 5.03. The van der Waals surface area contributed by atoms with Crippen LogP contribution in [0.5, 0.6) is 0 Å². The highest BCUT2D eigenvalue weighted by Gasteiger charge is 2.62. The molecule has 4 aliphatic carbocycles.